The van der Waals surface area contributed by atoms with Gasteiger partial charge in [-0.25, -0.2) is 14.4 Å². The number of ether oxygens (including phenoxy) is 1. The van der Waals surface area contributed by atoms with E-state index in [0.29, 0.717) is 42.6 Å². The summed E-state index contributed by atoms with van der Waals surface area (Å²) in [4.78, 5) is 8.81. The third-order valence-electron chi connectivity index (χ3n) is 6.65. The number of alkyl halides is 3. The standard InChI is InChI=1S/C31H32F4N2O/c1-2-3-4-5-18-38-27-20-36-29(37-21-27)17-10-23-9-16-28-25(19-23)13-12-24(30(28)32)11-6-22-7-14-26(15-8-22)31(33,34)35/h7-9,12-16,19-21H,2-6,10-11,17-18H2,1H3. The van der Waals surface area contributed by atoms with Crippen molar-refractivity contribution < 1.29 is 22.3 Å². The molecule has 38 heavy (non-hydrogen) atoms. The molecule has 3 nitrogen and oxygen atoms in total. The van der Waals surface area contributed by atoms with Crippen molar-refractivity contribution in [3.63, 3.8) is 0 Å². The number of fused-ring (bicyclic) bond motifs is 1. The van der Waals surface area contributed by atoms with E-state index in [1.807, 2.05) is 18.2 Å². The molecule has 0 N–H and O–H groups in total. The van der Waals surface area contributed by atoms with Gasteiger partial charge in [0, 0.05) is 11.8 Å². The maximum Gasteiger partial charge on any atom is 0.416 e. The average molecular weight is 525 g/mol. The van der Waals surface area contributed by atoms with Gasteiger partial charge in [-0.3, -0.25) is 0 Å². The van der Waals surface area contributed by atoms with Gasteiger partial charge in [0.1, 0.15) is 11.6 Å². The van der Waals surface area contributed by atoms with Crippen molar-refractivity contribution >= 4 is 10.8 Å². The van der Waals surface area contributed by atoms with Crippen LogP contribution in [0.3, 0.4) is 0 Å². The summed E-state index contributed by atoms with van der Waals surface area (Å²) in [5, 5.41) is 1.35. The van der Waals surface area contributed by atoms with Crippen molar-refractivity contribution in [1.82, 2.24) is 9.97 Å². The van der Waals surface area contributed by atoms with Crippen molar-refractivity contribution in [1.29, 1.82) is 0 Å². The Morgan fingerprint density at radius 1 is 0.763 bits per heavy atom. The molecule has 1 aromatic heterocycles. The van der Waals surface area contributed by atoms with Gasteiger partial charge in [-0.15, -0.1) is 0 Å². The number of aryl methyl sites for hydroxylation is 4. The molecular formula is C31H32F4N2O. The Bertz CT molecular complexity index is 1320. The Balaban J connectivity index is 1.32. The lowest BCUT2D eigenvalue weighted by Crippen LogP contribution is -2.04. The minimum absolute atomic E-state index is 0.283. The highest BCUT2D eigenvalue weighted by molar-refractivity contribution is 5.84. The monoisotopic (exact) mass is 524 g/mol. The Labute approximate surface area is 220 Å². The summed E-state index contributed by atoms with van der Waals surface area (Å²) in [6.45, 7) is 2.85. The molecule has 7 heteroatoms. The summed E-state index contributed by atoms with van der Waals surface area (Å²) in [6, 6.07) is 14.4. The number of halogens is 4. The van der Waals surface area contributed by atoms with Crippen molar-refractivity contribution in [3.8, 4) is 5.75 Å². The van der Waals surface area contributed by atoms with Crippen LogP contribution in [-0.2, 0) is 31.9 Å². The van der Waals surface area contributed by atoms with Crippen LogP contribution in [0, 0.1) is 5.82 Å². The summed E-state index contributed by atoms with van der Waals surface area (Å²) >= 11 is 0. The van der Waals surface area contributed by atoms with E-state index >= 15 is 4.39 Å². The molecule has 200 valence electrons. The van der Waals surface area contributed by atoms with Crippen LogP contribution in [0.5, 0.6) is 5.75 Å². The van der Waals surface area contributed by atoms with Crippen LogP contribution in [0.2, 0.25) is 0 Å². The fourth-order valence-corrected chi connectivity index (χ4v) is 4.40. The third kappa shape index (κ3) is 7.53. The van der Waals surface area contributed by atoms with E-state index in [1.54, 1.807) is 24.5 Å². The third-order valence-corrected chi connectivity index (χ3v) is 6.65. The molecule has 4 aromatic rings. The second-order valence-corrected chi connectivity index (χ2v) is 9.53. The largest absolute Gasteiger partial charge is 0.490 e. The highest BCUT2D eigenvalue weighted by Gasteiger charge is 2.29. The fourth-order valence-electron chi connectivity index (χ4n) is 4.40. The molecule has 1 heterocycles. The van der Waals surface area contributed by atoms with Crippen molar-refractivity contribution in [3.05, 3.63) is 101 Å². The molecule has 0 aliphatic carbocycles. The average Bonchev–Trinajstić information content (AvgIpc) is 2.92. The van der Waals surface area contributed by atoms with Crippen molar-refractivity contribution in [2.75, 3.05) is 6.61 Å². The summed E-state index contributed by atoms with van der Waals surface area (Å²) in [5.74, 6) is 1.13. The van der Waals surface area contributed by atoms with Gasteiger partial charge in [-0.1, -0.05) is 68.7 Å². The number of aromatic nitrogens is 2. The number of hydrogen-bond acceptors (Lipinski definition) is 3. The molecule has 0 bridgehead atoms. The molecule has 0 aliphatic rings. The van der Waals surface area contributed by atoms with E-state index in [4.69, 9.17) is 4.74 Å². The van der Waals surface area contributed by atoms with Gasteiger partial charge >= 0.3 is 6.18 Å². The zero-order valence-corrected chi connectivity index (χ0v) is 21.5. The number of unbranched alkanes of at least 4 members (excludes halogenated alkanes) is 3. The quantitative estimate of drug-likeness (QED) is 0.138. The minimum Gasteiger partial charge on any atom is -0.490 e. The molecule has 0 saturated carbocycles. The molecule has 0 amide bonds. The van der Waals surface area contributed by atoms with Gasteiger partial charge in [0.15, 0.2) is 5.75 Å². The zero-order valence-electron chi connectivity index (χ0n) is 21.5. The SMILES string of the molecule is CCCCCCOc1cnc(CCc2ccc3c(F)c(CCc4ccc(C(F)(F)F)cc4)ccc3c2)nc1. The second-order valence-electron chi connectivity index (χ2n) is 9.53. The van der Waals surface area contributed by atoms with E-state index in [-0.39, 0.29) is 5.82 Å². The second kappa shape index (κ2) is 12.9. The highest BCUT2D eigenvalue weighted by Crippen LogP contribution is 2.29. The van der Waals surface area contributed by atoms with Crippen molar-refractivity contribution in [2.45, 2.75) is 64.5 Å². The Kier molecular flexibility index (Phi) is 9.32. The Morgan fingerprint density at radius 2 is 1.47 bits per heavy atom. The fraction of sp³-hybridized carbons (Fsp3) is 0.355. The molecule has 0 spiro atoms. The smallest absolute Gasteiger partial charge is 0.416 e. The number of nitrogens with zero attached hydrogens (tertiary/aromatic N) is 2. The molecular weight excluding hydrogens is 492 g/mol. The van der Waals surface area contributed by atoms with Crippen LogP contribution in [0.25, 0.3) is 10.8 Å². The maximum absolute atomic E-state index is 15.2. The van der Waals surface area contributed by atoms with E-state index < -0.39 is 11.7 Å². The van der Waals surface area contributed by atoms with Crippen LogP contribution in [0.1, 0.15) is 60.7 Å². The van der Waals surface area contributed by atoms with Gasteiger partial charge in [-0.2, -0.15) is 13.2 Å². The van der Waals surface area contributed by atoms with Gasteiger partial charge < -0.3 is 4.74 Å². The predicted octanol–water partition coefficient (Wildman–Crippen LogP) is 8.32. The van der Waals surface area contributed by atoms with Gasteiger partial charge in [0.25, 0.3) is 0 Å². The van der Waals surface area contributed by atoms with E-state index in [1.165, 1.54) is 25.0 Å². The van der Waals surface area contributed by atoms with Gasteiger partial charge in [0.2, 0.25) is 0 Å². The zero-order chi connectivity index (χ0) is 27.0. The van der Waals surface area contributed by atoms with Gasteiger partial charge in [0.05, 0.1) is 24.6 Å². The summed E-state index contributed by atoms with van der Waals surface area (Å²) in [5.41, 5.74) is 1.67. The summed E-state index contributed by atoms with van der Waals surface area (Å²) in [6.07, 6.45) is 5.92. The molecule has 0 fully saturated rings. The minimum atomic E-state index is -4.36. The molecule has 0 radical (unpaired) electrons. The first-order chi connectivity index (χ1) is 18.3. The maximum atomic E-state index is 15.2. The van der Waals surface area contributed by atoms with Crippen LogP contribution < -0.4 is 4.74 Å². The normalized spacial score (nSPS) is 11.7. The van der Waals surface area contributed by atoms with Crippen LogP contribution in [0.15, 0.2) is 67.0 Å². The summed E-state index contributed by atoms with van der Waals surface area (Å²) < 4.78 is 59.1. The first-order valence-electron chi connectivity index (χ1n) is 13.1. The Hall–Kier alpha value is -3.48. The molecule has 4 rings (SSSR count). The number of benzene rings is 3. The summed E-state index contributed by atoms with van der Waals surface area (Å²) in [7, 11) is 0. The molecule has 3 aromatic carbocycles. The van der Waals surface area contributed by atoms with E-state index in [9.17, 15) is 13.2 Å². The lowest BCUT2D eigenvalue weighted by Gasteiger charge is -2.10. The lowest BCUT2D eigenvalue weighted by molar-refractivity contribution is -0.137. The Morgan fingerprint density at radius 3 is 2.18 bits per heavy atom. The van der Waals surface area contributed by atoms with Gasteiger partial charge in [-0.05, 0) is 59.9 Å². The number of rotatable bonds is 12. The van der Waals surface area contributed by atoms with E-state index in [0.717, 1.165) is 53.7 Å². The number of hydrogen-bond donors (Lipinski definition) is 0. The topological polar surface area (TPSA) is 35.0 Å². The molecule has 0 unspecified atom stereocenters. The van der Waals surface area contributed by atoms with Crippen LogP contribution in [0.4, 0.5) is 17.6 Å². The van der Waals surface area contributed by atoms with E-state index in [2.05, 4.69) is 16.9 Å². The highest BCUT2D eigenvalue weighted by atomic mass is 19.4. The lowest BCUT2D eigenvalue weighted by atomic mass is 9.98. The first-order valence-corrected chi connectivity index (χ1v) is 13.1. The molecule has 0 aliphatic heterocycles. The molecule has 0 atom stereocenters. The first kappa shape index (κ1) is 27.6. The predicted molar refractivity (Wildman–Crippen MR) is 142 cm³/mol. The van der Waals surface area contributed by atoms with Crippen LogP contribution in [-0.4, -0.2) is 16.6 Å². The van der Waals surface area contributed by atoms with Crippen LogP contribution >= 0.6 is 0 Å². The van der Waals surface area contributed by atoms with Crippen molar-refractivity contribution in [2.24, 2.45) is 0 Å². The molecule has 0 saturated heterocycles.